The summed E-state index contributed by atoms with van der Waals surface area (Å²) < 4.78 is 0. The van der Waals surface area contributed by atoms with Crippen LogP contribution in [-0.2, 0) is 4.79 Å². The number of Topliss-reactive ketones (excluding diaryl/α,β-unsaturated/α-hetero) is 2. The van der Waals surface area contributed by atoms with E-state index in [9.17, 15) is 9.59 Å². The zero-order chi connectivity index (χ0) is 19.6. The zero-order valence-electron chi connectivity index (χ0n) is 16.5. The van der Waals surface area contributed by atoms with E-state index in [0.29, 0.717) is 17.6 Å². The standard InChI is InChI=1S/C25H23NO2/c1-14-8-10-15(11-9-14)20-21-18(12-25(2,3)13-19(21)27)26-23-16-6-4-5-7-17(16)24(28)22(20)23/h4-11,20-21H,12-13H2,1-3H3/t20-,21-/m1/s1. The maximum absolute atomic E-state index is 13.4. The molecular formula is C25H23NO2. The molecule has 28 heavy (non-hydrogen) atoms. The van der Waals surface area contributed by atoms with Gasteiger partial charge in [-0.1, -0.05) is 67.9 Å². The predicted octanol–water partition coefficient (Wildman–Crippen LogP) is 5.15. The van der Waals surface area contributed by atoms with E-state index in [2.05, 4.69) is 38.1 Å². The Labute approximate surface area is 165 Å². The van der Waals surface area contributed by atoms with E-state index < -0.39 is 0 Å². The number of nitrogens with zero attached hydrogens (tertiary/aromatic N) is 1. The fourth-order valence-corrected chi connectivity index (χ4v) is 5.06. The van der Waals surface area contributed by atoms with Gasteiger partial charge in [0.05, 0.1) is 11.6 Å². The molecule has 3 nitrogen and oxygen atoms in total. The van der Waals surface area contributed by atoms with Crippen LogP contribution in [0.3, 0.4) is 0 Å². The van der Waals surface area contributed by atoms with Crippen LogP contribution in [0.15, 0.2) is 59.1 Å². The average molecular weight is 369 g/mol. The minimum Gasteiger partial charge on any atom is -0.299 e. The molecule has 1 heterocycles. The van der Waals surface area contributed by atoms with Crippen molar-refractivity contribution < 1.29 is 9.59 Å². The molecule has 0 amide bonds. The molecule has 0 bridgehead atoms. The summed E-state index contributed by atoms with van der Waals surface area (Å²) >= 11 is 0. The molecular weight excluding hydrogens is 346 g/mol. The van der Waals surface area contributed by atoms with Crippen LogP contribution < -0.4 is 0 Å². The van der Waals surface area contributed by atoms with Crippen LogP contribution in [0.25, 0.3) is 5.70 Å². The fourth-order valence-electron chi connectivity index (χ4n) is 5.06. The van der Waals surface area contributed by atoms with E-state index in [0.717, 1.165) is 29.0 Å². The Balaban J connectivity index is 1.75. The number of allylic oxidation sites excluding steroid dienone is 1. The number of benzene rings is 2. The third-order valence-corrected chi connectivity index (χ3v) is 6.28. The van der Waals surface area contributed by atoms with Crippen molar-refractivity contribution in [2.45, 2.75) is 39.5 Å². The lowest BCUT2D eigenvalue weighted by atomic mass is 9.63. The van der Waals surface area contributed by atoms with E-state index in [1.165, 1.54) is 5.56 Å². The Morgan fingerprint density at radius 3 is 2.29 bits per heavy atom. The predicted molar refractivity (Wildman–Crippen MR) is 111 cm³/mol. The molecule has 1 aliphatic heterocycles. The Morgan fingerprint density at radius 2 is 1.57 bits per heavy atom. The minimum absolute atomic E-state index is 0.0246. The highest BCUT2D eigenvalue weighted by molar-refractivity contribution is 6.25. The normalized spacial score (nSPS) is 25.2. The topological polar surface area (TPSA) is 46.5 Å². The first kappa shape index (κ1) is 17.3. The summed E-state index contributed by atoms with van der Waals surface area (Å²) in [4.78, 5) is 31.6. The lowest BCUT2D eigenvalue weighted by Gasteiger charge is -2.40. The van der Waals surface area contributed by atoms with Gasteiger partial charge in [-0.25, -0.2) is 0 Å². The van der Waals surface area contributed by atoms with E-state index >= 15 is 0 Å². The molecule has 0 N–H and O–H groups in total. The summed E-state index contributed by atoms with van der Waals surface area (Å²) in [5, 5.41) is 0. The lowest BCUT2D eigenvalue weighted by molar-refractivity contribution is -0.124. The van der Waals surface area contributed by atoms with E-state index in [-0.39, 0.29) is 28.8 Å². The van der Waals surface area contributed by atoms with Gasteiger partial charge in [-0.3, -0.25) is 14.6 Å². The number of aryl methyl sites for hydroxylation is 1. The first-order valence-electron chi connectivity index (χ1n) is 9.91. The first-order valence-corrected chi connectivity index (χ1v) is 9.91. The van der Waals surface area contributed by atoms with Crippen LogP contribution in [-0.4, -0.2) is 17.3 Å². The molecule has 2 aromatic carbocycles. The number of carbonyl (C=O) groups is 2. The van der Waals surface area contributed by atoms with E-state index in [1.54, 1.807) is 0 Å². The van der Waals surface area contributed by atoms with Crippen LogP contribution in [0.1, 0.15) is 59.7 Å². The maximum atomic E-state index is 13.4. The quantitative estimate of drug-likeness (QED) is 0.698. The van der Waals surface area contributed by atoms with Gasteiger partial charge in [-0.2, -0.15) is 0 Å². The number of ketones is 2. The van der Waals surface area contributed by atoms with Crippen molar-refractivity contribution in [1.29, 1.82) is 0 Å². The van der Waals surface area contributed by atoms with Gasteiger partial charge in [0.2, 0.25) is 0 Å². The van der Waals surface area contributed by atoms with Gasteiger partial charge >= 0.3 is 0 Å². The van der Waals surface area contributed by atoms with E-state index in [4.69, 9.17) is 4.99 Å². The third kappa shape index (κ3) is 2.46. The van der Waals surface area contributed by atoms with Crippen molar-refractivity contribution in [1.82, 2.24) is 0 Å². The van der Waals surface area contributed by atoms with Crippen molar-refractivity contribution in [3.05, 3.63) is 76.4 Å². The number of carbonyl (C=O) groups excluding carboxylic acids is 2. The number of hydrogen-bond donors (Lipinski definition) is 0. The first-order chi connectivity index (χ1) is 13.4. The molecule has 1 fully saturated rings. The van der Waals surface area contributed by atoms with Gasteiger partial charge < -0.3 is 0 Å². The fraction of sp³-hybridized carbons (Fsp3) is 0.320. The highest BCUT2D eigenvalue weighted by Crippen LogP contribution is 2.51. The van der Waals surface area contributed by atoms with Crippen LogP contribution in [0, 0.1) is 18.3 Å². The zero-order valence-corrected chi connectivity index (χ0v) is 16.5. The van der Waals surface area contributed by atoms with Gasteiger partial charge in [0.15, 0.2) is 5.78 Å². The van der Waals surface area contributed by atoms with Crippen LogP contribution in [0.5, 0.6) is 0 Å². The van der Waals surface area contributed by atoms with E-state index in [1.807, 2.05) is 31.2 Å². The molecule has 5 rings (SSSR count). The largest absolute Gasteiger partial charge is 0.299 e. The summed E-state index contributed by atoms with van der Waals surface area (Å²) in [6.07, 6.45) is 1.32. The van der Waals surface area contributed by atoms with Crippen LogP contribution >= 0.6 is 0 Å². The van der Waals surface area contributed by atoms with Gasteiger partial charge in [-0.05, 0) is 24.3 Å². The van der Waals surface area contributed by atoms with Crippen molar-refractivity contribution >= 4 is 23.0 Å². The SMILES string of the molecule is Cc1ccc([C@H]2C3=C(N=C4CC(C)(C)CC(=O)[C@@H]42)c2ccccc2C3=O)cc1. The van der Waals surface area contributed by atoms with Crippen molar-refractivity contribution in [3.63, 3.8) is 0 Å². The summed E-state index contributed by atoms with van der Waals surface area (Å²) in [6.45, 7) is 6.30. The summed E-state index contributed by atoms with van der Waals surface area (Å²) in [5.41, 5.74) is 6.14. The number of hydrogen-bond acceptors (Lipinski definition) is 3. The highest BCUT2D eigenvalue weighted by Gasteiger charge is 2.49. The molecule has 3 heteroatoms. The molecule has 3 aliphatic rings. The number of fused-ring (bicyclic) bond motifs is 3. The van der Waals surface area contributed by atoms with Gasteiger partial charge in [0.1, 0.15) is 5.78 Å². The third-order valence-electron chi connectivity index (χ3n) is 6.28. The Bertz CT molecular complexity index is 1090. The minimum atomic E-state index is -0.326. The Kier molecular flexibility index (Phi) is 3.61. The maximum Gasteiger partial charge on any atom is 0.192 e. The van der Waals surface area contributed by atoms with Gasteiger partial charge in [0, 0.05) is 34.8 Å². The van der Waals surface area contributed by atoms with Crippen molar-refractivity contribution in [2.24, 2.45) is 16.3 Å². The molecule has 1 saturated carbocycles. The Morgan fingerprint density at radius 1 is 0.893 bits per heavy atom. The number of rotatable bonds is 1. The second kappa shape index (κ2) is 5.84. The number of aliphatic imine (C=N–C) groups is 1. The Hall–Kier alpha value is -2.81. The molecule has 0 saturated heterocycles. The second-order valence-corrected chi connectivity index (χ2v) is 9.09. The molecule has 0 unspecified atom stereocenters. The van der Waals surface area contributed by atoms with Gasteiger partial charge in [-0.15, -0.1) is 0 Å². The molecule has 2 aromatic rings. The molecule has 0 aromatic heterocycles. The van der Waals surface area contributed by atoms with Crippen molar-refractivity contribution in [3.8, 4) is 0 Å². The van der Waals surface area contributed by atoms with Gasteiger partial charge in [0.25, 0.3) is 0 Å². The highest BCUT2D eigenvalue weighted by atomic mass is 16.1. The average Bonchev–Trinajstić information content (AvgIpc) is 2.93. The van der Waals surface area contributed by atoms with Crippen molar-refractivity contribution in [2.75, 3.05) is 0 Å². The smallest absolute Gasteiger partial charge is 0.192 e. The second-order valence-electron chi connectivity index (χ2n) is 9.09. The van der Waals surface area contributed by atoms with Crippen LogP contribution in [0.2, 0.25) is 0 Å². The molecule has 140 valence electrons. The van der Waals surface area contributed by atoms with Crippen LogP contribution in [0.4, 0.5) is 0 Å². The molecule has 0 radical (unpaired) electrons. The lowest BCUT2D eigenvalue weighted by Crippen LogP contribution is -2.43. The summed E-state index contributed by atoms with van der Waals surface area (Å²) in [7, 11) is 0. The summed E-state index contributed by atoms with van der Waals surface area (Å²) in [6, 6.07) is 15.9. The molecule has 2 aliphatic carbocycles. The summed E-state index contributed by atoms with van der Waals surface area (Å²) in [5.74, 6) is -0.341. The molecule has 2 atom stereocenters. The molecule has 0 spiro atoms. The monoisotopic (exact) mass is 369 g/mol.